The van der Waals surface area contributed by atoms with Gasteiger partial charge in [0.05, 0.1) is 22.2 Å². The highest BCUT2D eigenvalue weighted by atomic mass is 32.1. The first kappa shape index (κ1) is 14.0. The lowest BCUT2D eigenvalue weighted by atomic mass is 10.2. The van der Waals surface area contributed by atoms with E-state index in [0.29, 0.717) is 23.6 Å². The molecule has 0 aliphatic carbocycles. The fraction of sp³-hybridized carbons (Fsp3) is 0.583. The van der Waals surface area contributed by atoms with Gasteiger partial charge in [-0.1, -0.05) is 6.92 Å². The summed E-state index contributed by atoms with van der Waals surface area (Å²) in [5.74, 6) is 0.113. The minimum atomic E-state index is 0.113. The minimum Gasteiger partial charge on any atom is -0.397 e. The average Bonchev–Trinajstić information content (AvgIpc) is 2.71. The molecule has 5 heteroatoms. The van der Waals surface area contributed by atoms with Crippen molar-refractivity contribution in [2.24, 2.45) is 0 Å². The van der Waals surface area contributed by atoms with Crippen molar-refractivity contribution in [1.82, 2.24) is 0 Å². The molecule has 0 aromatic carbocycles. The second kappa shape index (κ2) is 6.61. The van der Waals surface area contributed by atoms with Gasteiger partial charge in [-0.05, 0) is 13.0 Å². The molecule has 0 aliphatic heterocycles. The maximum absolute atomic E-state index is 11.7. The van der Waals surface area contributed by atoms with E-state index in [4.69, 9.17) is 10.5 Å². The summed E-state index contributed by atoms with van der Waals surface area (Å²) in [7, 11) is 1.68. The molecule has 1 heterocycles. The van der Waals surface area contributed by atoms with Gasteiger partial charge in [0.1, 0.15) is 0 Å². The molecule has 0 spiro atoms. The standard InChI is InChI=1S/C12H20N2O2S/c1-4-10(15)12-9(13)8-11(17-12)14(5-2)6-7-16-3/h8H,4-7,13H2,1-3H3. The Labute approximate surface area is 106 Å². The maximum atomic E-state index is 11.7. The monoisotopic (exact) mass is 256 g/mol. The molecule has 0 fully saturated rings. The average molecular weight is 256 g/mol. The van der Waals surface area contributed by atoms with Gasteiger partial charge in [-0.15, -0.1) is 11.3 Å². The van der Waals surface area contributed by atoms with Gasteiger partial charge in [0, 0.05) is 26.6 Å². The zero-order valence-electron chi connectivity index (χ0n) is 10.7. The lowest BCUT2D eigenvalue weighted by Crippen LogP contribution is -2.25. The Morgan fingerprint density at radius 3 is 2.76 bits per heavy atom. The summed E-state index contributed by atoms with van der Waals surface area (Å²) in [5, 5.41) is 1.04. The first-order valence-electron chi connectivity index (χ1n) is 5.80. The van der Waals surface area contributed by atoms with E-state index in [2.05, 4.69) is 11.8 Å². The van der Waals surface area contributed by atoms with Crippen LogP contribution in [0.5, 0.6) is 0 Å². The van der Waals surface area contributed by atoms with Crippen molar-refractivity contribution in [3.63, 3.8) is 0 Å². The van der Waals surface area contributed by atoms with Gasteiger partial charge in [-0.25, -0.2) is 0 Å². The summed E-state index contributed by atoms with van der Waals surface area (Å²) in [4.78, 5) is 14.5. The summed E-state index contributed by atoms with van der Waals surface area (Å²) >= 11 is 1.47. The first-order valence-corrected chi connectivity index (χ1v) is 6.62. The molecule has 0 aliphatic rings. The fourth-order valence-corrected chi connectivity index (χ4v) is 2.73. The number of nitrogens with two attached hydrogens (primary N) is 1. The number of hydrogen-bond acceptors (Lipinski definition) is 5. The molecule has 0 amide bonds. The van der Waals surface area contributed by atoms with E-state index in [1.54, 1.807) is 7.11 Å². The van der Waals surface area contributed by atoms with Crippen molar-refractivity contribution < 1.29 is 9.53 Å². The van der Waals surface area contributed by atoms with Crippen molar-refractivity contribution >= 4 is 27.8 Å². The van der Waals surface area contributed by atoms with Crippen LogP contribution in [0.3, 0.4) is 0 Å². The van der Waals surface area contributed by atoms with Gasteiger partial charge in [-0.3, -0.25) is 4.79 Å². The van der Waals surface area contributed by atoms with Crippen LogP contribution in [0.25, 0.3) is 0 Å². The number of thiophene rings is 1. The van der Waals surface area contributed by atoms with Gasteiger partial charge in [-0.2, -0.15) is 0 Å². The Kier molecular flexibility index (Phi) is 5.44. The van der Waals surface area contributed by atoms with E-state index < -0.39 is 0 Å². The number of rotatable bonds is 7. The number of nitrogen functional groups attached to an aromatic ring is 1. The Balaban J connectivity index is 2.86. The molecule has 1 aromatic rings. The van der Waals surface area contributed by atoms with Crippen LogP contribution in [-0.4, -0.2) is 32.6 Å². The van der Waals surface area contributed by atoms with Crippen molar-refractivity contribution in [2.45, 2.75) is 20.3 Å². The van der Waals surface area contributed by atoms with Gasteiger partial charge >= 0.3 is 0 Å². The molecule has 0 unspecified atom stereocenters. The quantitative estimate of drug-likeness (QED) is 0.761. The van der Waals surface area contributed by atoms with Crippen LogP contribution in [0.4, 0.5) is 10.7 Å². The molecule has 4 nitrogen and oxygen atoms in total. The van der Waals surface area contributed by atoms with Crippen molar-refractivity contribution in [3.8, 4) is 0 Å². The predicted molar refractivity (Wildman–Crippen MR) is 73.1 cm³/mol. The highest BCUT2D eigenvalue weighted by Gasteiger charge is 2.15. The molecule has 1 aromatic heterocycles. The van der Waals surface area contributed by atoms with E-state index in [9.17, 15) is 4.79 Å². The summed E-state index contributed by atoms with van der Waals surface area (Å²) < 4.78 is 5.07. The minimum absolute atomic E-state index is 0.113. The summed E-state index contributed by atoms with van der Waals surface area (Å²) in [6.45, 7) is 6.29. The second-order valence-corrected chi connectivity index (χ2v) is 4.75. The summed E-state index contributed by atoms with van der Waals surface area (Å²) in [6.07, 6.45) is 0.494. The molecule has 0 radical (unpaired) electrons. The van der Waals surface area contributed by atoms with Crippen LogP contribution in [0, 0.1) is 0 Å². The zero-order valence-corrected chi connectivity index (χ0v) is 11.5. The zero-order chi connectivity index (χ0) is 12.8. The van der Waals surface area contributed by atoms with E-state index in [-0.39, 0.29) is 5.78 Å². The van der Waals surface area contributed by atoms with Crippen molar-refractivity contribution in [3.05, 3.63) is 10.9 Å². The van der Waals surface area contributed by atoms with Crippen LogP contribution in [0.1, 0.15) is 29.9 Å². The van der Waals surface area contributed by atoms with E-state index in [1.807, 2.05) is 13.0 Å². The number of Topliss-reactive ketones (excluding diaryl/α,β-unsaturated/α-hetero) is 1. The number of carbonyl (C=O) groups excluding carboxylic acids is 1. The molecule has 96 valence electrons. The largest absolute Gasteiger partial charge is 0.397 e. The Morgan fingerprint density at radius 2 is 2.24 bits per heavy atom. The van der Waals surface area contributed by atoms with Gasteiger partial charge in [0.25, 0.3) is 0 Å². The van der Waals surface area contributed by atoms with E-state index in [0.717, 1.165) is 18.1 Å². The Morgan fingerprint density at radius 1 is 1.53 bits per heavy atom. The third-order valence-corrected chi connectivity index (χ3v) is 3.83. The molecule has 1 rings (SSSR count). The van der Waals surface area contributed by atoms with Gasteiger partial charge in [0.2, 0.25) is 0 Å². The summed E-state index contributed by atoms with van der Waals surface area (Å²) in [5.41, 5.74) is 6.46. The second-order valence-electron chi connectivity index (χ2n) is 3.72. The Bertz CT molecular complexity index is 377. The molecule has 0 saturated heterocycles. The lowest BCUT2D eigenvalue weighted by Gasteiger charge is -2.20. The molecule has 0 bridgehead atoms. The number of ether oxygens (including phenoxy) is 1. The van der Waals surface area contributed by atoms with Crippen LogP contribution in [-0.2, 0) is 4.74 Å². The fourth-order valence-electron chi connectivity index (χ4n) is 1.55. The number of anilines is 2. The van der Waals surface area contributed by atoms with Gasteiger partial charge in [0.15, 0.2) is 5.78 Å². The van der Waals surface area contributed by atoms with E-state index in [1.165, 1.54) is 11.3 Å². The number of methoxy groups -OCH3 is 1. The normalized spacial score (nSPS) is 10.5. The lowest BCUT2D eigenvalue weighted by molar-refractivity contribution is 0.0993. The molecular formula is C12H20N2O2S. The maximum Gasteiger partial charge on any atom is 0.174 e. The summed E-state index contributed by atoms with van der Waals surface area (Å²) in [6, 6.07) is 1.88. The number of ketones is 1. The molecule has 0 saturated carbocycles. The van der Waals surface area contributed by atoms with Crippen molar-refractivity contribution in [2.75, 3.05) is 37.4 Å². The van der Waals surface area contributed by atoms with Crippen LogP contribution < -0.4 is 10.6 Å². The third-order valence-electron chi connectivity index (χ3n) is 2.58. The van der Waals surface area contributed by atoms with Crippen LogP contribution >= 0.6 is 11.3 Å². The van der Waals surface area contributed by atoms with Gasteiger partial charge < -0.3 is 15.4 Å². The number of nitrogens with zero attached hydrogens (tertiary/aromatic N) is 1. The Hall–Kier alpha value is -1.07. The van der Waals surface area contributed by atoms with Crippen LogP contribution in [0.2, 0.25) is 0 Å². The third kappa shape index (κ3) is 3.44. The highest BCUT2D eigenvalue weighted by molar-refractivity contribution is 7.18. The number of hydrogen-bond donors (Lipinski definition) is 1. The topological polar surface area (TPSA) is 55.6 Å². The van der Waals surface area contributed by atoms with E-state index >= 15 is 0 Å². The number of carbonyl (C=O) groups is 1. The molecule has 2 N–H and O–H groups in total. The molecule has 17 heavy (non-hydrogen) atoms. The smallest absolute Gasteiger partial charge is 0.174 e. The predicted octanol–water partition coefficient (Wildman–Crippen LogP) is 2.40. The highest BCUT2D eigenvalue weighted by Crippen LogP contribution is 2.32. The molecule has 0 atom stereocenters. The number of likely N-dealkylation sites (N-methyl/N-ethyl adjacent to an activating group) is 1. The van der Waals surface area contributed by atoms with Crippen molar-refractivity contribution in [1.29, 1.82) is 0 Å². The SMILES string of the molecule is CCC(=O)c1sc(N(CC)CCOC)cc1N. The van der Waals surface area contributed by atoms with Crippen LogP contribution in [0.15, 0.2) is 6.07 Å². The first-order chi connectivity index (χ1) is 8.13. The molecular weight excluding hydrogens is 236 g/mol.